The number of hydrogen-bond acceptors (Lipinski definition) is 5. The fraction of sp³-hybridized carbons (Fsp3) is 0.816. The number of carbonyl (C=O) groups excluding carboxylic acids is 1. The van der Waals surface area contributed by atoms with Crippen LogP contribution in [0.4, 0.5) is 0 Å². The smallest absolute Gasteiger partial charge is 0.387 e. The van der Waals surface area contributed by atoms with E-state index >= 15 is 0 Å². The first-order chi connectivity index (χ1) is 28.0. The zero-order chi connectivity index (χ0) is 42.8. The molecule has 0 bridgehead atoms. The van der Waals surface area contributed by atoms with E-state index in [1.165, 1.54) is 109 Å². The molecule has 0 aromatic rings. The fourth-order valence-corrected chi connectivity index (χ4v) is 7.50. The van der Waals surface area contributed by atoms with E-state index in [-0.39, 0.29) is 19.1 Å². The maximum atomic E-state index is 12.9. The lowest BCUT2D eigenvalue weighted by atomic mass is 10.0. The average Bonchev–Trinajstić information content (AvgIpc) is 3.17. The average molecular weight is 838 g/mol. The number of carbonyl (C=O) groups is 1. The van der Waals surface area contributed by atoms with Gasteiger partial charge in [-0.05, 0) is 51.4 Å². The molecule has 0 aliphatic carbocycles. The second kappa shape index (κ2) is 40.8. The minimum atomic E-state index is -4.35. The lowest BCUT2D eigenvalue weighted by Crippen LogP contribution is -2.45. The molecule has 1 amide bonds. The van der Waals surface area contributed by atoms with Crippen LogP contribution in [0.1, 0.15) is 206 Å². The largest absolute Gasteiger partial charge is 0.472 e. The van der Waals surface area contributed by atoms with Crippen molar-refractivity contribution in [2.75, 3.05) is 40.9 Å². The van der Waals surface area contributed by atoms with Crippen LogP contribution in [0.15, 0.2) is 48.6 Å². The minimum absolute atomic E-state index is 0.0566. The van der Waals surface area contributed by atoms with Crippen molar-refractivity contribution >= 4 is 13.7 Å². The van der Waals surface area contributed by atoms with Gasteiger partial charge in [0, 0.05) is 6.42 Å². The SMILES string of the molecule is CC/C=C\C/C=C\C/C=C\CCCCCCCC(=O)NC(COP(=O)(O)OCC[N+](C)(C)C)C(O)/C=C/CCCCCCCCCCCCCCCCCCCCC. The van der Waals surface area contributed by atoms with Gasteiger partial charge in [0.05, 0.1) is 39.9 Å². The van der Waals surface area contributed by atoms with Crippen LogP contribution in [-0.4, -0.2) is 73.4 Å². The van der Waals surface area contributed by atoms with Gasteiger partial charge in [0.1, 0.15) is 13.2 Å². The summed E-state index contributed by atoms with van der Waals surface area (Å²) in [7, 11) is 1.56. The molecule has 0 aliphatic heterocycles. The first-order valence-corrected chi connectivity index (χ1v) is 25.5. The summed E-state index contributed by atoms with van der Waals surface area (Å²) < 4.78 is 23.6. The number of nitrogens with zero attached hydrogens (tertiary/aromatic N) is 1. The van der Waals surface area contributed by atoms with Crippen LogP contribution in [-0.2, 0) is 18.4 Å². The van der Waals surface area contributed by atoms with Crippen LogP contribution in [0.5, 0.6) is 0 Å². The van der Waals surface area contributed by atoms with Crippen LogP contribution < -0.4 is 5.32 Å². The van der Waals surface area contributed by atoms with Crippen LogP contribution >= 0.6 is 7.82 Å². The first kappa shape index (κ1) is 56.5. The van der Waals surface area contributed by atoms with Crippen molar-refractivity contribution in [3.8, 4) is 0 Å². The van der Waals surface area contributed by atoms with Crippen LogP contribution in [0.25, 0.3) is 0 Å². The summed E-state index contributed by atoms with van der Waals surface area (Å²) in [4.78, 5) is 23.1. The molecule has 340 valence electrons. The number of hydrogen-bond donors (Lipinski definition) is 3. The Morgan fingerprint density at radius 1 is 0.603 bits per heavy atom. The highest BCUT2D eigenvalue weighted by Crippen LogP contribution is 2.43. The van der Waals surface area contributed by atoms with Crippen LogP contribution in [0.2, 0.25) is 0 Å². The highest BCUT2D eigenvalue weighted by Gasteiger charge is 2.27. The number of unbranched alkanes of at least 4 members (excludes halogenated alkanes) is 24. The van der Waals surface area contributed by atoms with E-state index in [1.807, 2.05) is 27.2 Å². The number of aliphatic hydroxyl groups excluding tert-OH is 1. The summed E-state index contributed by atoms with van der Waals surface area (Å²) in [5, 5.41) is 13.9. The summed E-state index contributed by atoms with van der Waals surface area (Å²) in [5.74, 6) is -0.195. The highest BCUT2D eigenvalue weighted by molar-refractivity contribution is 7.47. The summed E-state index contributed by atoms with van der Waals surface area (Å²) in [6.07, 6.45) is 51.9. The van der Waals surface area contributed by atoms with Gasteiger partial charge in [0.2, 0.25) is 5.91 Å². The van der Waals surface area contributed by atoms with Crippen molar-refractivity contribution in [2.24, 2.45) is 0 Å². The highest BCUT2D eigenvalue weighted by atomic mass is 31.2. The molecule has 8 nitrogen and oxygen atoms in total. The molecule has 0 fully saturated rings. The molecule has 0 saturated carbocycles. The predicted octanol–water partition coefficient (Wildman–Crippen LogP) is 13.6. The number of rotatable bonds is 43. The van der Waals surface area contributed by atoms with Gasteiger partial charge in [-0.15, -0.1) is 0 Å². The Hall–Kier alpha value is -1.54. The molecule has 0 rings (SSSR count). The fourth-order valence-electron chi connectivity index (χ4n) is 6.76. The number of aliphatic hydroxyl groups is 1. The van der Waals surface area contributed by atoms with Gasteiger partial charge in [-0.1, -0.05) is 197 Å². The summed E-state index contributed by atoms with van der Waals surface area (Å²) >= 11 is 0. The third kappa shape index (κ3) is 42.6. The molecule has 9 heteroatoms. The zero-order valence-electron chi connectivity index (χ0n) is 38.5. The Balaban J connectivity index is 4.37. The Labute approximate surface area is 359 Å². The van der Waals surface area contributed by atoms with Gasteiger partial charge in [-0.3, -0.25) is 13.8 Å². The number of phosphoric acid groups is 1. The third-order valence-electron chi connectivity index (χ3n) is 10.6. The molecular formula is C49H94N2O6P+. The van der Waals surface area contributed by atoms with Crippen molar-refractivity contribution in [2.45, 2.75) is 219 Å². The number of amides is 1. The van der Waals surface area contributed by atoms with E-state index in [0.717, 1.165) is 77.0 Å². The molecule has 0 heterocycles. The maximum Gasteiger partial charge on any atom is 0.472 e. The predicted molar refractivity (Wildman–Crippen MR) is 249 cm³/mol. The minimum Gasteiger partial charge on any atom is -0.387 e. The van der Waals surface area contributed by atoms with Crippen molar-refractivity contribution in [3.05, 3.63) is 48.6 Å². The molecule has 3 N–H and O–H groups in total. The van der Waals surface area contributed by atoms with E-state index in [4.69, 9.17) is 9.05 Å². The standard InChI is InChI=1S/C49H93N2O6P/c1-6-8-10-12-14-16-18-20-22-23-24-25-26-27-29-30-32-34-36-38-40-42-48(52)47(46-57-58(54,55)56-45-44-51(3,4)5)50-49(53)43-41-39-37-35-33-31-28-21-19-17-15-13-11-9-7-2/h9,11,15,17,21,28,40,42,47-48,52H,6-8,10,12-14,16,18-20,22-27,29-39,41,43-46H2,1-5H3,(H-,50,53,54,55)/p+1/b11-9-,17-15-,28-21-,42-40+. The van der Waals surface area contributed by atoms with E-state index in [0.29, 0.717) is 17.4 Å². The van der Waals surface area contributed by atoms with Crippen molar-refractivity contribution in [1.82, 2.24) is 5.32 Å². The molecule has 58 heavy (non-hydrogen) atoms. The van der Waals surface area contributed by atoms with Gasteiger partial charge in [-0.2, -0.15) is 0 Å². The van der Waals surface area contributed by atoms with Gasteiger partial charge in [0.15, 0.2) is 0 Å². The normalized spacial score (nSPS) is 14.7. The van der Waals surface area contributed by atoms with Crippen LogP contribution in [0.3, 0.4) is 0 Å². The maximum absolute atomic E-state index is 12.9. The summed E-state index contributed by atoms with van der Waals surface area (Å²) in [6.45, 7) is 4.69. The number of nitrogens with one attached hydrogen (secondary N) is 1. The number of likely N-dealkylation sites (N-methyl/N-ethyl adjacent to an activating group) is 1. The lowest BCUT2D eigenvalue weighted by Gasteiger charge is -2.25. The summed E-state index contributed by atoms with van der Waals surface area (Å²) in [6, 6.07) is -0.856. The Morgan fingerprint density at radius 2 is 1.03 bits per heavy atom. The van der Waals surface area contributed by atoms with Crippen LogP contribution in [0, 0.1) is 0 Å². The first-order valence-electron chi connectivity index (χ1n) is 24.0. The lowest BCUT2D eigenvalue weighted by molar-refractivity contribution is -0.870. The number of allylic oxidation sites excluding steroid dienone is 7. The monoisotopic (exact) mass is 838 g/mol. The number of phosphoric ester groups is 1. The molecule has 0 radical (unpaired) electrons. The van der Waals surface area contributed by atoms with Gasteiger partial charge >= 0.3 is 7.82 Å². The third-order valence-corrected chi connectivity index (χ3v) is 11.5. The van der Waals surface area contributed by atoms with E-state index in [2.05, 4.69) is 55.6 Å². The molecule has 0 aromatic carbocycles. The molecule has 0 saturated heterocycles. The van der Waals surface area contributed by atoms with E-state index in [1.54, 1.807) is 6.08 Å². The molecule has 0 spiro atoms. The Morgan fingerprint density at radius 3 is 1.52 bits per heavy atom. The Bertz CT molecular complexity index is 1090. The summed E-state index contributed by atoms with van der Waals surface area (Å²) in [5.41, 5.74) is 0. The van der Waals surface area contributed by atoms with Gasteiger partial charge < -0.3 is 19.8 Å². The Kier molecular flexibility index (Phi) is 39.8. The van der Waals surface area contributed by atoms with Crippen molar-refractivity contribution in [1.29, 1.82) is 0 Å². The van der Waals surface area contributed by atoms with Crippen molar-refractivity contribution < 1.29 is 32.9 Å². The molecule has 0 aliphatic rings. The zero-order valence-corrected chi connectivity index (χ0v) is 39.4. The molecule has 0 aromatic heterocycles. The second-order valence-electron chi connectivity index (χ2n) is 17.5. The quantitative estimate of drug-likeness (QED) is 0.0244. The topological polar surface area (TPSA) is 105 Å². The second-order valence-corrected chi connectivity index (χ2v) is 18.9. The van der Waals surface area contributed by atoms with Gasteiger partial charge in [-0.25, -0.2) is 4.57 Å². The molecule has 3 unspecified atom stereocenters. The number of quaternary nitrogens is 1. The van der Waals surface area contributed by atoms with Crippen molar-refractivity contribution in [3.63, 3.8) is 0 Å². The van der Waals surface area contributed by atoms with E-state index in [9.17, 15) is 19.4 Å². The van der Waals surface area contributed by atoms with Gasteiger partial charge in [0.25, 0.3) is 0 Å². The van der Waals surface area contributed by atoms with E-state index < -0.39 is 20.0 Å². The molecule has 3 atom stereocenters. The molecular weight excluding hydrogens is 744 g/mol.